The van der Waals surface area contributed by atoms with Crippen molar-refractivity contribution in [3.63, 3.8) is 0 Å². The molecular formula is C26H35N3O4. The SMILES string of the molecule is C=C/C=C(\C=C1\CCC(=O)N(C)C1)c1cncc(OC[C@H]2CCCN2C(=O)OC(C)(C)C)c1. The lowest BCUT2D eigenvalue weighted by molar-refractivity contribution is -0.130. The van der Waals surface area contributed by atoms with E-state index in [4.69, 9.17) is 9.47 Å². The van der Waals surface area contributed by atoms with Gasteiger partial charge in [-0.2, -0.15) is 0 Å². The number of carbonyl (C=O) groups excluding carboxylic acids is 2. The largest absolute Gasteiger partial charge is 0.490 e. The molecule has 0 aliphatic carbocycles. The summed E-state index contributed by atoms with van der Waals surface area (Å²) < 4.78 is 11.6. The average molecular weight is 454 g/mol. The van der Waals surface area contributed by atoms with Gasteiger partial charge in [-0.15, -0.1) is 0 Å². The summed E-state index contributed by atoms with van der Waals surface area (Å²) in [6, 6.07) is 1.92. The molecule has 0 saturated carbocycles. The highest BCUT2D eigenvalue weighted by atomic mass is 16.6. The zero-order chi connectivity index (χ0) is 24.0. The summed E-state index contributed by atoms with van der Waals surface area (Å²) in [4.78, 5) is 32.2. The number of nitrogens with zero attached hydrogens (tertiary/aromatic N) is 3. The summed E-state index contributed by atoms with van der Waals surface area (Å²) in [7, 11) is 1.83. The Balaban J connectivity index is 1.68. The number of hydrogen-bond donors (Lipinski definition) is 0. The average Bonchev–Trinajstić information content (AvgIpc) is 3.22. The summed E-state index contributed by atoms with van der Waals surface area (Å²) in [5, 5.41) is 0. The fraction of sp³-hybridized carbons (Fsp3) is 0.500. The summed E-state index contributed by atoms with van der Waals surface area (Å²) in [6.45, 7) is 11.1. The molecule has 7 heteroatoms. The van der Waals surface area contributed by atoms with Gasteiger partial charge in [0.05, 0.1) is 12.2 Å². The van der Waals surface area contributed by atoms with Gasteiger partial charge in [-0.25, -0.2) is 4.79 Å². The molecule has 3 rings (SSSR count). The van der Waals surface area contributed by atoms with Crippen LogP contribution in [0.3, 0.4) is 0 Å². The molecule has 0 bridgehead atoms. The van der Waals surface area contributed by atoms with E-state index >= 15 is 0 Å². The minimum Gasteiger partial charge on any atom is -0.490 e. The molecule has 1 aromatic heterocycles. The zero-order valence-electron chi connectivity index (χ0n) is 20.2. The van der Waals surface area contributed by atoms with E-state index in [9.17, 15) is 9.59 Å². The summed E-state index contributed by atoms with van der Waals surface area (Å²) in [6.07, 6.45) is 12.1. The number of aromatic nitrogens is 1. The highest BCUT2D eigenvalue weighted by Crippen LogP contribution is 2.26. The first-order valence-corrected chi connectivity index (χ1v) is 11.5. The third kappa shape index (κ3) is 6.94. The lowest BCUT2D eigenvalue weighted by Gasteiger charge is -2.28. The van der Waals surface area contributed by atoms with Gasteiger partial charge in [0.2, 0.25) is 5.91 Å². The lowest BCUT2D eigenvalue weighted by atomic mass is 9.98. The number of ether oxygens (including phenoxy) is 2. The van der Waals surface area contributed by atoms with Crippen LogP contribution in [0.5, 0.6) is 5.75 Å². The van der Waals surface area contributed by atoms with Crippen LogP contribution in [0, 0.1) is 0 Å². The molecule has 2 saturated heterocycles. The number of likely N-dealkylation sites (tertiary alicyclic amines) is 2. The van der Waals surface area contributed by atoms with Gasteiger partial charge in [-0.05, 0) is 57.2 Å². The van der Waals surface area contributed by atoms with Crippen molar-refractivity contribution in [2.75, 3.05) is 26.7 Å². The zero-order valence-corrected chi connectivity index (χ0v) is 20.2. The van der Waals surface area contributed by atoms with Crippen LogP contribution in [0.25, 0.3) is 5.57 Å². The maximum Gasteiger partial charge on any atom is 0.410 e. The van der Waals surface area contributed by atoms with E-state index in [0.29, 0.717) is 31.9 Å². The van der Waals surface area contributed by atoms with E-state index in [1.54, 1.807) is 28.3 Å². The Hall–Kier alpha value is -3.09. The molecule has 2 amide bonds. The van der Waals surface area contributed by atoms with E-state index < -0.39 is 5.60 Å². The number of carbonyl (C=O) groups is 2. The Kier molecular flexibility index (Phi) is 7.95. The fourth-order valence-corrected chi connectivity index (χ4v) is 4.04. The van der Waals surface area contributed by atoms with Gasteiger partial charge in [0.1, 0.15) is 18.0 Å². The van der Waals surface area contributed by atoms with Gasteiger partial charge in [0, 0.05) is 38.3 Å². The Labute approximate surface area is 196 Å². The number of allylic oxidation sites excluding steroid dienone is 4. The molecule has 0 aromatic carbocycles. The van der Waals surface area contributed by atoms with Crippen molar-refractivity contribution in [3.8, 4) is 5.75 Å². The summed E-state index contributed by atoms with van der Waals surface area (Å²) >= 11 is 0. The third-order valence-electron chi connectivity index (χ3n) is 5.68. The molecule has 0 spiro atoms. The van der Waals surface area contributed by atoms with Gasteiger partial charge < -0.3 is 19.3 Å². The number of hydrogen-bond acceptors (Lipinski definition) is 5. The number of likely N-dealkylation sites (N-methyl/N-ethyl adjacent to an activating group) is 1. The third-order valence-corrected chi connectivity index (χ3v) is 5.68. The topological polar surface area (TPSA) is 72.0 Å². The van der Waals surface area contributed by atoms with Crippen LogP contribution < -0.4 is 4.74 Å². The van der Waals surface area contributed by atoms with E-state index in [1.807, 2.05) is 40.0 Å². The van der Waals surface area contributed by atoms with E-state index in [0.717, 1.165) is 30.4 Å². The maximum atomic E-state index is 12.5. The first-order chi connectivity index (χ1) is 15.7. The molecule has 2 aliphatic rings. The molecular weight excluding hydrogens is 418 g/mol. The van der Waals surface area contributed by atoms with E-state index in [1.165, 1.54) is 5.57 Å². The molecule has 0 unspecified atom stereocenters. The predicted molar refractivity (Wildman–Crippen MR) is 129 cm³/mol. The minimum absolute atomic E-state index is 0.0240. The molecule has 1 aromatic rings. The van der Waals surface area contributed by atoms with Crippen LogP contribution in [0.15, 0.2) is 48.8 Å². The van der Waals surface area contributed by atoms with Gasteiger partial charge >= 0.3 is 6.09 Å². The Bertz CT molecular complexity index is 945. The molecule has 0 radical (unpaired) electrons. The Morgan fingerprint density at radius 2 is 2.09 bits per heavy atom. The van der Waals surface area contributed by atoms with Crippen molar-refractivity contribution in [1.82, 2.24) is 14.8 Å². The van der Waals surface area contributed by atoms with Crippen molar-refractivity contribution in [2.45, 2.75) is 58.1 Å². The first-order valence-electron chi connectivity index (χ1n) is 11.5. The van der Waals surface area contributed by atoms with Crippen molar-refractivity contribution in [1.29, 1.82) is 0 Å². The van der Waals surface area contributed by atoms with Crippen LogP contribution in [-0.4, -0.2) is 65.2 Å². The van der Waals surface area contributed by atoms with Gasteiger partial charge in [0.15, 0.2) is 0 Å². The molecule has 2 fully saturated rings. The quantitative estimate of drug-likeness (QED) is 0.588. The Morgan fingerprint density at radius 1 is 1.30 bits per heavy atom. The van der Waals surface area contributed by atoms with Crippen molar-refractivity contribution < 1.29 is 19.1 Å². The molecule has 33 heavy (non-hydrogen) atoms. The molecule has 2 aliphatic heterocycles. The van der Waals surface area contributed by atoms with E-state index in [2.05, 4.69) is 17.6 Å². The molecule has 0 N–H and O–H groups in total. The lowest BCUT2D eigenvalue weighted by Crippen LogP contribution is -2.42. The maximum absolute atomic E-state index is 12.5. The van der Waals surface area contributed by atoms with Crippen molar-refractivity contribution in [3.05, 3.63) is 54.4 Å². The number of rotatable bonds is 6. The highest BCUT2D eigenvalue weighted by Gasteiger charge is 2.32. The number of pyridine rings is 1. The normalized spacial score (nSPS) is 20.8. The van der Waals surface area contributed by atoms with E-state index in [-0.39, 0.29) is 18.0 Å². The van der Waals surface area contributed by atoms with Gasteiger partial charge in [-0.3, -0.25) is 9.78 Å². The minimum atomic E-state index is -0.522. The van der Waals surface area contributed by atoms with Crippen LogP contribution >= 0.6 is 0 Å². The molecule has 7 nitrogen and oxygen atoms in total. The van der Waals surface area contributed by atoms with Crippen LogP contribution in [0.4, 0.5) is 4.79 Å². The van der Waals surface area contributed by atoms with Gasteiger partial charge in [0.25, 0.3) is 0 Å². The first kappa shape index (κ1) is 24.6. The second-order valence-corrected chi connectivity index (χ2v) is 9.60. The molecule has 178 valence electrons. The second-order valence-electron chi connectivity index (χ2n) is 9.60. The number of piperidine rings is 1. The highest BCUT2D eigenvalue weighted by molar-refractivity contribution is 5.80. The van der Waals surface area contributed by atoms with Crippen molar-refractivity contribution >= 4 is 17.6 Å². The summed E-state index contributed by atoms with van der Waals surface area (Å²) in [5.74, 6) is 0.818. The molecule has 1 atom stereocenters. The van der Waals surface area contributed by atoms with Crippen molar-refractivity contribution in [2.24, 2.45) is 0 Å². The fourth-order valence-electron chi connectivity index (χ4n) is 4.04. The second kappa shape index (κ2) is 10.7. The standard InChI is InChI=1S/C26H35N3O4/c1-6-8-20(13-19-10-11-24(30)28(5)17-19)21-14-23(16-27-15-21)32-18-22-9-7-12-29(22)25(31)33-26(2,3)4/h6,8,13-16,22H,1,7,9-12,17-18H2,2-5H3/b19-13-,20-8+/t22-/m1/s1. The van der Waals surface area contributed by atoms with Crippen LogP contribution in [-0.2, 0) is 9.53 Å². The van der Waals surface area contributed by atoms with Crippen LogP contribution in [0.2, 0.25) is 0 Å². The molecule has 3 heterocycles. The van der Waals surface area contributed by atoms with Gasteiger partial charge in [-0.1, -0.05) is 24.8 Å². The van der Waals surface area contributed by atoms with Crippen LogP contribution in [0.1, 0.15) is 52.0 Å². The Morgan fingerprint density at radius 3 is 2.79 bits per heavy atom. The monoisotopic (exact) mass is 453 g/mol. The summed E-state index contributed by atoms with van der Waals surface area (Å²) in [5.41, 5.74) is 2.55. The smallest absolute Gasteiger partial charge is 0.410 e. The predicted octanol–water partition coefficient (Wildman–Crippen LogP) is 4.61. The number of amides is 2.